The smallest absolute Gasteiger partial charge is 0.213 e. The molecule has 3 aromatic rings. The van der Waals surface area contributed by atoms with Gasteiger partial charge in [0.2, 0.25) is 6.23 Å². The predicted octanol–water partition coefficient (Wildman–Crippen LogP) is 6.63. The van der Waals surface area contributed by atoms with E-state index in [2.05, 4.69) is 12.1 Å². The molecule has 2 atom stereocenters. The molecule has 0 saturated carbocycles. The van der Waals surface area contributed by atoms with Gasteiger partial charge in [-0.1, -0.05) is 53.5 Å². The molecule has 6 heteroatoms. The second-order valence-electron chi connectivity index (χ2n) is 7.29. The fourth-order valence-electron chi connectivity index (χ4n) is 4.03. The van der Waals surface area contributed by atoms with Crippen molar-refractivity contribution in [1.82, 2.24) is 5.01 Å². The molecule has 2 heterocycles. The number of halogens is 2. The second kappa shape index (κ2) is 7.86. The number of benzene rings is 3. The molecular formula is C24H20Cl2N2O2. The molecule has 0 spiro atoms. The summed E-state index contributed by atoms with van der Waals surface area (Å²) in [6, 6.07) is 21.8. The average Bonchev–Trinajstić information content (AvgIpc) is 3.21. The van der Waals surface area contributed by atoms with E-state index in [1.54, 1.807) is 6.07 Å². The van der Waals surface area contributed by atoms with Gasteiger partial charge in [0.05, 0.1) is 23.4 Å². The molecule has 0 bridgehead atoms. The van der Waals surface area contributed by atoms with Gasteiger partial charge in [-0.05, 0) is 48.9 Å². The normalized spacial score (nSPS) is 19.6. The van der Waals surface area contributed by atoms with E-state index < -0.39 is 6.23 Å². The number of hydrogen-bond donors (Lipinski definition) is 0. The summed E-state index contributed by atoms with van der Waals surface area (Å²) in [6.07, 6.45) is 0.364. The summed E-state index contributed by atoms with van der Waals surface area (Å²) in [4.78, 5) is 0. The molecule has 0 radical (unpaired) electrons. The Bertz CT molecular complexity index is 1100. The minimum Gasteiger partial charge on any atom is -0.494 e. The van der Waals surface area contributed by atoms with E-state index in [0.29, 0.717) is 22.4 Å². The molecule has 4 nitrogen and oxygen atoms in total. The topological polar surface area (TPSA) is 34.1 Å². The van der Waals surface area contributed by atoms with Crippen LogP contribution in [-0.2, 0) is 0 Å². The van der Waals surface area contributed by atoms with Crippen LogP contribution in [-0.4, -0.2) is 17.3 Å². The highest BCUT2D eigenvalue weighted by molar-refractivity contribution is 6.35. The third-order valence-corrected chi connectivity index (χ3v) is 5.89. The summed E-state index contributed by atoms with van der Waals surface area (Å²) in [5, 5.41) is 8.09. The van der Waals surface area contributed by atoms with Crippen LogP contribution in [0.25, 0.3) is 0 Å². The third kappa shape index (κ3) is 3.40. The van der Waals surface area contributed by atoms with Gasteiger partial charge in [0.25, 0.3) is 0 Å². The van der Waals surface area contributed by atoms with Crippen molar-refractivity contribution < 1.29 is 9.47 Å². The molecule has 3 aromatic carbocycles. The van der Waals surface area contributed by atoms with Gasteiger partial charge in [-0.2, -0.15) is 5.10 Å². The van der Waals surface area contributed by atoms with E-state index in [-0.39, 0.29) is 6.04 Å². The number of hydrogen-bond acceptors (Lipinski definition) is 4. The van der Waals surface area contributed by atoms with Gasteiger partial charge in [0.1, 0.15) is 11.5 Å². The molecule has 2 aliphatic heterocycles. The summed E-state index contributed by atoms with van der Waals surface area (Å²) in [7, 11) is 0. The minimum atomic E-state index is -0.391. The second-order valence-corrected chi connectivity index (χ2v) is 8.13. The lowest BCUT2D eigenvalue weighted by molar-refractivity contribution is -0.0189. The molecule has 0 aromatic heterocycles. The van der Waals surface area contributed by atoms with Crippen LogP contribution in [0.3, 0.4) is 0 Å². The van der Waals surface area contributed by atoms with Crippen molar-refractivity contribution in [3.8, 4) is 11.5 Å². The van der Waals surface area contributed by atoms with Crippen LogP contribution >= 0.6 is 23.2 Å². The molecule has 0 saturated heterocycles. The first-order chi connectivity index (χ1) is 14.6. The first kappa shape index (κ1) is 19.3. The highest BCUT2D eigenvalue weighted by atomic mass is 35.5. The highest BCUT2D eigenvalue weighted by Crippen LogP contribution is 2.50. The number of hydrazone groups is 1. The lowest BCUT2D eigenvalue weighted by Crippen LogP contribution is -2.33. The van der Waals surface area contributed by atoms with Gasteiger partial charge in [0, 0.05) is 22.6 Å². The summed E-state index contributed by atoms with van der Waals surface area (Å²) in [6.45, 7) is 2.60. The molecule has 0 amide bonds. The predicted molar refractivity (Wildman–Crippen MR) is 120 cm³/mol. The Morgan fingerprint density at radius 2 is 1.83 bits per heavy atom. The minimum absolute atomic E-state index is 0.00303. The van der Waals surface area contributed by atoms with Crippen LogP contribution in [0.15, 0.2) is 71.8 Å². The van der Waals surface area contributed by atoms with E-state index in [4.69, 9.17) is 37.8 Å². The molecule has 152 valence electrons. The quantitative estimate of drug-likeness (QED) is 0.457. The van der Waals surface area contributed by atoms with Crippen LogP contribution in [0.4, 0.5) is 0 Å². The fraction of sp³-hybridized carbons (Fsp3) is 0.208. The zero-order chi connectivity index (χ0) is 20.7. The van der Waals surface area contributed by atoms with Gasteiger partial charge < -0.3 is 9.47 Å². The lowest BCUT2D eigenvalue weighted by atomic mass is 9.96. The van der Waals surface area contributed by atoms with E-state index in [1.165, 1.54) is 0 Å². The van der Waals surface area contributed by atoms with Crippen molar-refractivity contribution in [2.45, 2.75) is 25.6 Å². The van der Waals surface area contributed by atoms with Crippen molar-refractivity contribution in [2.75, 3.05) is 6.61 Å². The Hall–Kier alpha value is -2.69. The largest absolute Gasteiger partial charge is 0.494 e. The standard InChI is InChI=1S/C24H20Cl2N2O2/c1-2-29-18-10-8-16(9-11-18)24-28-22(14-21(27-28)15-6-4-3-5-7-15)19-12-17(25)13-20(26)23(19)30-24/h3-13,22,24H,2,14H2,1H3/t22-,24-/m0/s1. The Labute approximate surface area is 185 Å². The number of nitrogens with zero attached hydrogens (tertiary/aromatic N) is 2. The number of fused-ring (bicyclic) bond motifs is 3. The van der Waals surface area contributed by atoms with Crippen molar-refractivity contribution in [1.29, 1.82) is 0 Å². The Morgan fingerprint density at radius 3 is 2.57 bits per heavy atom. The first-order valence-corrected chi connectivity index (χ1v) is 10.7. The lowest BCUT2D eigenvalue weighted by Gasteiger charge is -2.38. The van der Waals surface area contributed by atoms with Gasteiger partial charge in [-0.3, -0.25) is 0 Å². The number of ether oxygens (including phenoxy) is 2. The third-order valence-electron chi connectivity index (χ3n) is 5.39. The molecule has 0 unspecified atom stereocenters. The zero-order valence-electron chi connectivity index (χ0n) is 16.4. The molecule has 0 fully saturated rings. The average molecular weight is 439 g/mol. The Balaban J connectivity index is 1.58. The van der Waals surface area contributed by atoms with Crippen LogP contribution in [0.1, 0.15) is 42.3 Å². The monoisotopic (exact) mass is 438 g/mol. The molecular weight excluding hydrogens is 419 g/mol. The Morgan fingerprint density at radius 1 is 1.07 bits per heavy atom. The summed E-state index contributed by atoms with van der Waals surface area (Å²) >= 11 is 12.8. The maximum Gasteiger partial charge on any atom is 0.213 e. The fourth-order valence-corrected chi connectivity index (χ4v) is 4.59. The molecule has 0 N–H and O–H groups in total. The van der Waals surface area contributed by atoms with Gasteiger partial charge in [0.15, 0.2) is 0 Å². The van der Waals surface area contributed by atoms with Crippen LogP contribution in [0, 0.1) is 0 Å². The zero-order valence-corrected chi connectivity index (χ0v) is 17.9. The summed E-state index contributed by atoms with van der Waals surface area (Å²) < 4.78 is 12.0. The molecule has 2 aliphatic rings. The summed E-state index contributed by atoms with van der Waals surface area (Å²) in [5.41, 5.74) is 4.07. The molecule has 30 heavy (non-hydrogen) atoms. The maximum atomic E-state index is 6.53. The van der Waals surface area contributed by atoms with Crippen LogP contribution < -0.4 is 9.47 Å². The van der Waals surface area contributed by atoms with E-state index in [9.17, 15) is 0 Å². The van der Waals surface area contributed by atoms with E-state index in [0.717, 1.165) is 34.6 Å². The first-order valence-electron chi connectivity index (χ1n) is 9.93. The van der Waals surface area contributed by atoms with Crippen molar-refractivity contribution in [2.24, 2.45) is 5.10 Å². The van der Waals surface area contributed by atoms with E-state index in [1.807, 2.05) is 60.5 Å². The van der Waals surface area contributed by atoms with Crippen LogP contribution in [0.5, 0.6) is 11.5 Å². The summed E-state index contributed by atoms with van der Waals surface area (Å²) in [5.74, 6) is 1.50. The SMILES string of the molecule is CCOc1ccc([C@@H]2Oc3c(Cl)cc(Cl)cc3[C@@H]3CC(c4ccccc4)=NN32)cc1. The van der Waals surface area contributed by atoms with Crippen molar-refractivity contribution in [3.63, 3.8) is 0 Å². The van der Waals surface area contributed by atoms with Gasteiger partial charge in [-0.15, -0.1) is 0 Å². The van der Waals surface area contributed by atoms with Gasteiger partial charge in [-0.25, -0.2) is 5.01 Å². The van der Waals surface area contributed by atoms with Gasteiger partial charge >= 0.3 is 0 Å². The van der Waals surface area contributed by atoms with Crippen LogP contribution in [0.2, 0.25) is 10.0 Å². The van der Waals surface area contributed by atoms with Crippen molar-refractivity contribution in [3.05, 3.63) is 93.5 Å². The number of rotatable bonds is 4. The van der Waals surface area contributed by atoms with Crippen molar-refractivity contribution >= 4 is 28.9 Å². The highest BCUT2D eigenvalue weighted by Gasteiger charge is 2.42. The maximum absolute atomic E-state index is 6.53. The molecule has 5 rings (SSSR count). The van der Waals surface area contributed by atoms with E-state index >= 15 is 0 Å². The molecule has 0 aliphatic carbocycles. The Kier molecular flexibility index (Phi) is 5.05.